The lowest BCUT2D eigenvalue weighted by atomic mass is 9.74. The number of fused-ring (bicyclic) bond motifs is 7. The van der Waals surface area contributed by atoms with E-state index in [4.69, 9.17) is 4.42 Å². The summed E-state index contributed by atoms with van der Waals surface area (Å²) in [4.78, 5) is 4.96. The van der Waals surface area contributed by atoms with Crippen molar-refractivity contribution in [3.05, 3.63) is 216 Å². The zero-order valence-electron chi connectivity index (χ0n) is 31.1. The number of anilines is 6. The molecule has 9 aromatic rings. The van der Waals surface area contributed by atoms with Crippen LogP contribution in [0.1, 0.15) is 35.1 Å². The first-order valence-electron chi connectivity index (χ1n) is 19.8. The van der Waals surface area contributed by atoms with Gasteiger partial charge in [-0.2, -0.15) is 0 Å². The van der Waals surface area contributed by atoms with Crippen LogP contribution >= 0.6 is 0 Å². The fourth-order valence-electron chi connectivity index (χ4n) is 9.81. The molecular formula is C53H40N2O. The van der Waals surface area contributed by atoms with Gasteiger partial charge >= 0.3 is 0 Å². The Morgan fingerprint density at radius 3 is 1.48 bits per heavy atom. The first-order chi connectivity index (χ1) is 27.7. The summed E-state index contributed by atoms with van der Waals surface area (Å²) in [5.41, 5.74) is 16.9. The number of benzene rings is 8. The summed E-state index contributed by atoms with van der Waals surface area (Å²) in [6.45, 7) is 0. The van der Waals surface area contributed by atoms with Crippen LogP contribution in [0, 0.1) is 0 Å². The van der Waals surface area contributed by atoms with E-state index < -0.39 is 0 Å². The van der Waals surface area contributed by atoms with Crippen molar-refractivity contribution in [3.63, 3.8) is 0 Å². The third-order valence-electron chi connectivity index (χ3n) is 12.2. The van der Waals surface area contributed by atoms with E-state index in [0.717, 1.165) is 70.4 Å². The van der Waals surface area contributed by atoms with Crippen molar-refractivity contribution >= 4 is 56.1 Å². The zero-order valence-corrected chi connectivity index (χ0v) is 31.1. The molecule has 56 heavy (non-hydrogen) atoms. The van der Waals surface area contributed by atoms with Crippen molar-refractivity contribution in [1.82, 2.24) is 0 Å². The Kier molecular flexibility index (Phi) is 7.67. The summed E-state index contributed by atoms with van der Waals surface area (Å²) in [6.07, 6.45) is 4.23. The van der Waals surface area contributed by atoms with E-state index in [2.05, 4.69) is 198 Å². The first-order valence-corrected chi connectivity index (χ1v) is 19.8. The molecule has 0 saturated carbocycles. The number of hydrogen-bond donors (Lipinski definition) is 0. The first kappa shape index (κ1) is 32.6. The summed E-state index contributed by atoms with van der Waals surface area (Å²) in [5.74, 6) is 0. The van der Waals surface area contributed by atoms with E-state index in [9.17, 15) is 0 Å². The maximum Gasteiger partial charge on any atom is 0.137 e. The normalized spacial score (nSPS) is 15.6. The molecule has 1 atom stereocenters. The van der Waals surface area contributed by atoms with Crippen LogP contribution in [0.5, 0.6) is 0 Å². The fraction of sp³-hybridized carbons (Fsp3) is 0.0943. The van der Waals surface area contributed by atoms with Gasteiger partial charge in [-0.25, -0.2) is 0 Å². The molecule has 1 heterocycles. The van der Waals surface area contributed by atoms with Crippen LogP contribution in [0.15, 0.2) is 199 Å². The molecule has 2 aliphatic carbocycles. The lowest BCUT2D eigenvalue weighted by Crippen LogP contribution is -2.27. The van der Waals surface area contributed by atoms with E-state index in [1.807, 2.05) is 6.07 Å². The van der Waals surface area contributed by atoms with Gasteiger partial charge in [0.25, 0.3) is 0 Å². The van der Waals surface area contributed by atoms with Gasteiger partial charge in [-0.05, 0) is 126 Å². The summed E-state index contributed by atoms with van der Waals surface area (Å²) in [6, 6.07) is 70.5. The highest BCUT2D eigenvalue weighted by molar-refractivity contribution is 6.06. The van der Waals surface area contributed by atoms with Gasteiger partial charge in [0.15, 0.2) is 0 Å². The predicted octanol–water partition coefficient (Wildman–Crippen LogP) is 14.4. The summed E-state index contributed by atoms with van der Waals surface area (Å²) < 4.78 is 6.47. The quantitative estimate of drug-likeness (QED) is 0.163. The molecule has 0 fully saturated rings. The molecule has 1 spiro atoms. The summed E-state index contributed by atoms with van der Waals surface area (Å²) >= 11 is 0. The molecule has 0 bridgehead atoms. The second kappa shape index (κ2) is 13.2. The molecule has 8 aromatic carbocycles. The monoisotopic (exact) mass is 720 g/mol. The lowest BCUT2D eigenvalue weighted by molar-refractivity contribution is 0.508. The van der Waals surface area contributed by atoms with Crippen LogP contribution < -0.4 is 9.80 Å². The molecular weight excluding hydrogens is 681 g/mol. The fourth-order valence-corrected chi connectivity index (χ4v) is 9.81. The molecule has 3 heteroatoms. The number of rotatable bonds is 7. The van der Waals surface area contributed by atoms with Gasteiger partial charge in [0.2, 0.25) is 0 Å². The minimum atomic E-state index is -0.161. The Hall–Kier alpha value is -6.84. The molecule has 268 valence electrons. The number of para-hydroxylation sites is 3. The van der Waals surface area contributed by atoms with Gasteiger partial charge in [0, 0.05) is 45.0 Å². The number of furan rings is 1. The number of hydrogen-bond acceptors (Lipinski definition) is 3. The highest BCUT2D eigenvalue weighted by Crippen LogP contribution is 2.60. The van der Waals surface area contributed by atoms with E-state index in [0.29, 0.717) is 0 Å². The van der Waals surface area contributed by atoms with Gasteiger partial charge in [-0.15, -0.1) is 0 Å². The molecule has 0 unspecified atom stereocenters. The molecule has 0 amide bonds. The van der Waals surface area contributed by atoms with E-state index in [-0.39, 0.29) is 5.41 Å². The molecule has 11 rings (SSSR count). The maximum atomic E-state index is 6.47. The van der Waals surface area contributed by atoms with Crippen molar-refractivity contribution in [2.24, 2.45) is 0 Å². The van der Waals surface area contributed by atoms with Crippen LogP contribution in [0.4, 0.5) is 34.1 Å². The zero-order chi connectivity index (χ0) is 37.1. The second-order valence-electron chi connectivity index (χ2n) is 15.2. The van der Waals surface area contributed by atoms with Crippen LogP contribution in [0.2, 0.25) is 0 Å². The standard InChI is InChI=1S/C53H40N2O/c1-4-14-37(15-5-1)38-26-28-43(29-27-38)54(41-18-6-2-7-19-41)47-23-12-16-39-32-34-53(51(39)47)35-33-40-17-13-24-48(52(40)53)55(42-20-8-3-9-21-42)44-30-31-46-45-22-10-11-25-49(45)56-50(46)36-44/h1-31,36H,32-35H2/t53-/m1/s1. The van der Waals surface area contributed by atoms with Gasteiger partial charge in [0.1, 0.15) is 11.2 Å². The Labute approximate surface area is 327 Å². The largest absolute Gasteiger partial charge is 0.456 e. The van der Waals surface area contributed by atoms with Gasteiger partial charge in [0.05, 0.1) is 11.4 Å². The Bertz CT molecular complexity index is 2860. The Balaban J connectivity index is 1.10. The van der Waals surface area contributed by atoms with Crippen LogP contribution in [-0.4, -0.2) is 0 Å². The van der Waals surface area contributed by atoms with Crippen molar-refractivity contribution in [1.29, 1.82) is 0 Å². The molecule has 0 saturated heterocycles. The van der Waals surface area contributed by atoms with Crippen molar-refractivity contribution in [2.45, 2.75) is 31.1 Å². The SMILES string of the molecule is c1ccc(-c2ccc(N(c3ccccc3)c3cccc4c3[C@@]3(CC4)CCc4cccc(N(c5ccccc5)c5ccc6c(c5)oc5ccccc56)c43)cc2)cc1. The van der Waals surface area contributed by atoms with Gasteiger partial charge in [-0.1, -0.05) is 121 Å². The second-order valence-corrected chi connectivity index (χ2v) is 15.2. The Morgan fingerprint density at radius 2 is 0.857 bits per heavy atom. The van der Waals surface area contributed by atoms with E-state index in [1.165, 1.54) is 44.8 Å². The molecule has 1 aromatic heterocycles. The van der Waals surface area contributed by atoms with Crippen molar-refractivity contribution < 1.29 is 4.42 Å². The lowest BCUT2D eigenvalue weighted by Gasteiger charge is -2.37. The van der Waals surface area contributed by atoms with Gasteiger partial charge in [-0.3, -0.25) is 0 Å². The molecule has 0 aliphatic heterocycles. The third kappa shape index (κ3) is 5.19. The van der Waals surface area contributed by atoms with Crippen LogP contribution in [0.3, 0.4) is 0 Å². The summed E-state index contributed by atoms with van der Waals surface area (Å²) in [7, 11) is 0. The third-order valence-corrected chi connectivity index (χ3v) is 12.2. The Morgan fingerprint density at radius 1 is 0.375 bits per heavy atom. The van der Waals surface area contributed by atoms with Crippen LogP contribution in [0.25, 0.3) is 33.1 Å². The predicted molar refractivity (Wildman–Crippen MR) is 232 cm³/mol. The molecule has 0 N–H and O–H groups in total. The average Bonchev–Trinajstić information content (AvgIpc) is 3.96. The maximum absolute atomic E-state index is 6.47. The van der Waals surface area contributed by atoms with Gasteiger partial charge < -0.3 is 14.2 Å². The van der Waals surface area contributed by atoms with E-state index >= 15 is 0 Å². The summed E-state index contributed by atoms with van der Waals surface area (Å²) in [5, 5.41) is 2.28. The number of nitrogens with zero attached hydrogens (tertiary/aromatic N) is 2. The average molecular weight is 721 g/mol. The van der Waals surface area contributed by atoms with E-state index in [1.54, 1.807) is 0 Å². The smallest absolute Gasteiger partial charge is 0.137 e. The molecule has 0 radical (unpaired) electrons. The minimum absolute atomic E-state index is 0.161. The number of aryl methyl sites for hydroxylation is 2. The van der Waals surface area contributed by atoms with Crippen molar-refractivity contribution in [3.8, 4) is 11.1 Å². The highest BCUT2D eigenvalue weighted by atomic mass is 16.3. The topological polar surface area (TPSA) is 19.6 Å². The van der Waals surface area contributed by atoms with Crippen LogP contribution in [-0.2, 0) is 18.3 Å². The molecule has 2 aliphatic rings. The molecule has 3 nitrogen and oxygen atoms in total. The highest BCUT2D eigenvalue weighted by Gasteiger charge is 2.49. The minimum Gasteiger partial charge on any atom is -0.456 e. The van der Waals surface area contributed by atoms with Crippen molar-refractivity contribution in [2.75, 3.05) is 9.80 Å².